The van der Waals surface area contributed by atoms with Gasteiger partial charge in [-0.05, 0) is 48.1 Å². The molecule has 0 amide bonds. The van der Waals surface area contributed by atoms with Crippen molar-refractivity contribution in [2.45, 2.75) is 45.1 Å². The van der Waals surface area contributed by atoms with E-state index in [4.69, 9.17) is 9.47 Å². The molecule has 0 spiro atoms. The second-order valence-electron chi connectivity index (χ2n) is 6.88. The molecule has 3 heteroatoms. The topological polar surface area (TPSA) is 30.5 Å². The first-order valence-electron chi connectivity index (χ1n) is 7.43. The third-order valence-corrected chi connectivity index (χ3v) is 5.94. The fraction of sp³-hybridized carbons (Fsp3) is 0.647. The third kappa shape index (κ3) is 1.62. The van der Waals surface area contributed by atoms with Crippen molar-refractivity contribution < 1.29 is 9.47 Å². The molecular weight excluding hydrogens is 250 g/mol. The molecule has 1 saturated heterocycles. The highest BCUT2D eigenvalue weighted by Gasteiger charge is 2.53. The average molecular weight is 275 g/mol. The van der Waals surface area contributed by atoms with Crippen LogP contribution in [0.5, 0.6) is 11.5 Å². The van der Waals surface area contributed by atoms with Crippen LogP contribution >= 0.6 is 0 Å². The van der Waals surface area contributed by atoms with Crippen molar-refractivity contribution in [2.75, 3.05) is 20.8 Å². The molecule has 3 nitrogen and oxygen atoms in total. The zero-order chi connectivity index (χ0) is 14.5. The number of hydrogen-bond acceptors (Lipinski definition) is 3. The van der Waals surface area contributed by atoms with E-state index in [9.17, 15) is 0 Å². The molecule has 2 atom stereocenters. The maximum atomic E-state index is 5.51. The summed E-state index contributed by atoms with van der Waals surface area (Å²) in [4.78, 5) is 0. The minimum Gasteiger partial charge on any atom is -0.493 e. The van der Waals surface area contributed by atoms with Gasteiger partial charge in [0.25, 0.3) is 0 Å². The summed E-state index contributed by atoms with van der Waals surface area (Å²) in [6, 6.07) is 4.91. The van der Waals surface area contributed by atoms with E-state index in [-0.39, 0.29) is 10.8 Å². The van der Waals surface area contributed by atoms with E-state index in [0.29, 0.717) is 6.04 Å². The largest absolute Gasteiger partial charge is 0.493 e. The van der Waals surface area contributed by atoms with Gasteiger partial charge in [-0.2, -0.15) is 0 Å². The van der Waals surface area contributed by atoms with Crippen molar-refractivity contribution in [3.05, 3.63) is 23.3 Å². The van der Waals surface area contributed by atoms with E-state index in [2.05, 4.69) is 38.2 Å². The average Bonchev–Trinajstić information content (AvgIpc) is 2.41. The molecule has 1 fully saturated rings. The number of benzene rings is 1. The van der Waals surface area contributed by atoms with Gasteiger partial charge in [0.05, 0.1) is 14.2 Å². The van der Waals surface area contributed by atoms with Crippen molar-refractivity contribution >= 4 is 0 Å². The standard InChI is InChI=1S/C17H25NO2/c1-16(2)15-9-11-8-13(19-4)14(20-5)10-12(11)17(16,3)6-7-18-15/h8,10,15,18H,6-7,9H2,1-5H3. The van der Waals surface area contributed by atoms with E-state index in [1.54, 1.807) is 14.2 Å². The van der Waals surface area contributed by atoms with Gasteiger partial charge in [0, 0.05) is 11.5 Å². The smallest absolute Gasteiger partial charge is 0.161 e. The summed E-state index contributed by atoms with van der Waals surface area (Å²) in [6.45, 7) is 8.29. The summed E-state index contributed by atoms with van der Waals surface area (Å²) in [5.41, 5.74) is 3.29. The molecule has 20 heavy (non-hydrogen) atoms. The van der Waals surface area contributed by atoms with Gasteiger partial charge in [-0.15, -0.1) is 0 Å². The first-order chi connectivity index (χ1) is 9.44. The summed E-state index contributed by atoms with van der Waals surface area (Å²) >= 11 is 0. The van der Waals surface area contributed by atoms with E-state index in [1.165, 1.54) is 17.5 Å². The molecule has 2 aliphatic rings. The lowest BCUT2D eigenvalue weighted by atomic mass is 9.51. The molecule has 1 heterocycles. The molecule has 0 radical (unpaired) electrons. The quantitative estimate of drug-likeness (QED) is 0.900. The van der Waals surface area contributed by atoms with Crippen LogP contribution < -0.4 is 14.8 Å². The molecule has 1 aliphatic heterocycles. The second-order valence-corrected chi connectivity index (χ2v) is 6.88. The van der Waals surface area contributed by atoms with Crippen LogP contribution in [0, 0.1) is 5.41 Å². The number of hydrogen-bond donors (Lipinski definition) is 1. The minimum absolute atomic E-state index is 0.191. The Hall–Kier alpha value is -1.22. The zero-order valence-corrected chi connectivity index (χ0v) is 13.2. The lowest BCUT2D eigenvalue weighted by molar-refractivity contribution is 0.0556. The van der Waals surface area contributed by atoms with Gasteiger partial charge in [-0.1, -0.05) is 20.8 Å². The molecule has 2 bridgehead atoms. The predicted molar refractivity (Wildman–Crippen MR) is 80.8 cm³/mol. The van der Waals surface area contributed by atoms with Crippen LogP contribution in [0.15, 0.2) is 12.1 Å². The van der Waals surface area contributed by atoms with Crippen LogP contribution in [-0.2, 0) is 11.8 Å². The van der Waals surface area contributed by atoms with Crippen molar-refractivity contribution in [3.8, 4) is 11.5 Å². The molecule has 0 saturated carbocycles. The van der Waals surface area contributed by atoms with E-state index in [0.717, 1.165) is 24.5 Å². The summed E-state index contributed by atoms with van der Waals surface area (Å²) < 4.78 is 11.0. The molecule has 1 N–H and O–H groups in total. The molecule has 110 valence electrons. The van der Waals surface area contributed by atoms with Crippen LogP contribution in [0.2, 0.25) is 0 Å². The van der Waals surface area contributed by atoms with Crippen molar-refractivity contribution in [2.24, 2.45) is 5.41 Å². The number of methoxy groups -OCH3 is 2. The number of rotatable bonds is 2. The molecule has 0 aromatic heterocycles. The molecule has 1 aliphatic carbocycles. The fourth-order valence-electron chi connectivity index (χ4n) is 4.09. The lowest BCUT2D eigenvalue weighted by Crippen LogP contribution is -2.62. The summed E-state index contributed by atoms with van der Waals surface area (Å²) in [5, 5.41) is 3.70. The minimum atomic E-state index is 0.191. The SMILES string of the molecule is COc1cc2c(cc1OC)C1(C)CCNC(C2)C1(C)C. The van der Waals surface area contributed by atoms with E-state index >= 15 is 0 Å². The molecule has 3 rings (SSSR count). The Labute approximate surface area is 121 Å². The van der Waals surface area contributed by atoms with Crippen LogP contribution in [0.25, 0.3) is 0 Å². The monoisotopic (exact) mass is 275 g/mol. The van der Waals surface area contributed by atoms with Crippen LogP contribution in [-0.4, -0.2) is 26.8 Å². The number of ether oxygens (including phenoxy) is 2. The van der Waals surface area contributed by atoms with Gasteiger partial charge in [0.1, 0.15) is 0 Å². The third-order valence-electron chi connectivity index (χ3n) is 5.94. The summed E-state index contributed by atoms with van der Waals surface area (Å²) in [5.74, 6) is 1.69. The Morgan fingerprint density at radius 3 is 2.40 bits per heavy atom. The van der Waals surface area contributed by atoms with Gasteiger partial charge < -0.3 is 14.8 Å². The Morgan fingerprint density at radius 2 is 1.75 bits per heavy atom. The van der Waals surface area contributed by atoms with Crippen LogP contribution in [0.3, 0.4) is 0 Å². The number of piperidine rings is 1. The summed E-state index contributed by atoms with van der Waals surface area (Å²) in [6.07, 6.45) is 2.23. The van der Waals surface area contributed by atoms with Gasteiger partial charge in [-0.25, -0.2) is 0 Å². The molecule has 2 unspecified atom stereocenters. The number of fused-ring (bicyclic) bond motifs is 4. The molecule has 1 aromatic rings. The van der Waals surface area contributed by atoms with Crippen molar-refractivity contribution in [1.29, 1.82) is 0 Å². The Morgan fingerprint density at radius 1 is 1.10 bits per heavy atom. The maximum Gasteiger partial charge on any atom is 0.161 e. The highest BCUT2D eigenvalue weighted by molar-refractivity contribution is 5.53. The predicted octanol–water partition coefficient (Wildman–Crippen LogP) is 2.91. The van der Waals surface area contributed by atoms with E-state index < -0.39 is 0 Å². The van der Waals surface area contributed by atoms with E-state index in [1.807, 2.05) is 0 Å². The fourth-order valence-corrected chi connectivity index (χ4v) is 4.09. The molecular formula is C17H25NO2. The van der Waals surface area contributed by atoms with Crippen LogP contribution in [0.1, 0.15) is 38.3 Å². The van der Waals surface area contributed by atoms with Gasteiger partial charge in [0.2, 0.25) is 0 Å². The number of nitrogens with one attached hydrogen (secondary N) is 1. The van der Waals surface area contributed by atoms with Crippen LogP contribution in [0.4, 0.5) is 0 Å². The second kappa shape index (κ2) is 4.39. The molecule has 1 aromatic carbocycles. The highest BCUT2D eigenvalue weighted by Crippen LogP contribution is 2.55. The lowest BCUT2D eigenvalue weighted by Gasteiger charge is -2.57. The Kier molecular flexibility index (Phi) is 3.02. The van der Waals surface area contributed by atoms with Gasteiger partial charge in [-0.3, -0.25) is 0 Å². The first-order valence-corrected chi connectivity index (χ1v) is 7.43. The zero-order valence-electron chi connectivity index (χ0n) is 13.2. The summed E-state index contributed by atoms with van der Waals surface area (Å²) in [7, 11) is 3.42. The first kappa shape index (κ1) is 13.7. The highest BCUT2D eigenvalue weighted by atomic mass is 16.5. The normalized spacial score (nSPS) is 30.6. The Balaban J connectivity index is 2.21. The Bertz CT molecular complexity index is 538. The van der Waals surface area contributed by atoms with Gasteiger partial charge in [0.15, 0.2) is 11.5 Å². The van der Waals surface area contributed by atoms with Crippen molar-refractivity contribution in [3.63, 3.8) is 0 Å². The maximum absolute atomic E-state index is 5.51. The van der Waals surface area contributed by atoms with Gasteiger partial charge >= 0.3 is 0 Å². The van der Waals surface area contributed by atoms with Crippen molar-refractivity contribution in [1.82, 2.24) is 5.32 Å².